The molecule has 2 aromatic rings. The molecule has 11 N–H and O–H groups in total. The number of ether oxygens (including phenoxy) is 1. The predicted octanol–water partition coefficient (Wildman–Crippen LogP) is -0.397. The number of aliphatic hydroxyl groups excluding tert-OH is 2. The van der Waals surface area contributed by atoms with Gasteiger partial charge in [-0.05, 0) is 18.9 Å². The Bertz CT molecular complexity index is 1880. The molecule has 3 rings (SSSR count). The van der Waals surface area contributed by atoms with E-state index in [1.165, 1.54) is 19.9 Å². The summed E-state index contributed by atoms with van der Waals surface area (Å²) in [4.78, 5) is 86.7. The first-order valence-corrected chi connectivity index (χ1v) is 21.6. The minimum Gasteiger partial charge on any atom is -0.481 e. The van der Waals surface area contributed by atoms with E-state index in [9.17, 15) is 57.9 Å². The molecule has 0 aromatic carbocycles. The summed E-state index contributed by atoms with van der Waals surface area (Å²) in [6.07, 6.45) is -4.56. The molecule has 0 saturated carbocycles. The molecule has 1 saturated heterocycles. The number of nitrogens with one attached hydrogen (secondary N) is 2. The van der Waals surface area contributed by atoms with Crippen molar-refractivity contribution in [3.05, 3.63) is 18.2 Å². The minimum atomic E-state index is -5.61. The lowest BCUT2D eigenvalue weighted by molar-refractivity contribution is -0.137. The summed E-state index contributed by atoms with van der Waals surface area (Å²) in [6.45, 7) is 0.595. The van der Waals surface area contributed by atoms with E-state index in [0.29, 0.717) is 25.1 Å². The molecule has 1 fully saturated rings. The Morgan fingerprint density at radius 1 is 1.09 bits per heavy atom. The number of nitrogen functional groups attached to an aromatic ring is 1. The normalized spacial score (nSPS) is 21.8. The van der Waals surface area contributed by atoms with Gasteiger partial charge in [-0.25, -0.2) is 28.6 Å². The van der Waals surface area contributed by atoms with Crippen LogP contribution < -0.4 is 16.4 Å². The number of carboxylic acids is 1. The van der Waals surface area contributed by atoms with E-state index in [4.69, 9.17) is 24.6 Å². The van der Waals surface area contributed by atoms with Gasteiger partial charge in [0.2, 0.25) is 11.8 Å². The average molecular weight is 880 g/mol. The van der Waals surface area contributed by atoms with Crippen LogP contribution in [0.25, 0.3) is 17.2 Å². The zero-order valence-corrected chi connectivity index (χ0v) is 33.3. The van der Waals surface area contributed by atoms with Crippen LogP contribution in [-0.2, 0) is 50.7 Å². The number of allylic oxidation sites excluding steroid dienone is 1. The number of phosphoric acid groups is 3. The highest BCUT2D eigenvalue weighted by atomic mass is 32.1. The van der Waals surface area contributed by atoms with Crippen LogP contribution in [-0.4, -0.2) is 129 Å². The summed E-state index contributed by atoms with van der Waals surface area (Å²) in [5.74, 6) is -2.00. The second-order valence-corrected chi connectivity index (χ2v) is 17.4. The lowest BCUT2D eigenvalue weighted by atomic mass is 9.87. The Kier molecular flexibility index (Phi) is 17.1. The standard InChI is InChI=1S/C27H44N7O18P3S/c1-27(2,22(39)25(40)30-9-8-17(35)29-10-11-56)13-49-55(46,47)52-54(44,45)48-12-15-21(51-53(41,42)43)20(38)26(50-15)34-14-31-19-23(28)32-16(33-24(19)34)6-4-3-5-7-18(36)37/h4,6,14-15,20-22,26,38-39,56H,3,5,7-13H2,1-2H3,(H,29,35)(H,30,40)(H,36,37)(H,44,45)(H,46,47)(H2,28,32,33)(H2,41,42,43)/t15-,20-,21-,22?,26-/m1/s1. The number of aliphatic carboxylic acids is 1. The molecule has 2 aromatic heterocycles. The summed E-state index contributed by atoms with van der Waals surface area (Å²) in [5.41, 5.74) is 4.37. The molecule has 1 aliphatic rings. The predicted molar refractivity (Wildman–Crippen MR) is 194 cm³/mol. The molecule has 29 heteroatoms. The van der Waals surface area contributed by atoms with Crippen LogP contribution >= 0.6 is 36.1 Å². The fraction of sp³-hybridized carbons (Fsp3) is 0.630. The van der Waals surface area contributed by atoms with Crippen molar-refractivity contribution in [3.8, 4) is 0 Å². The van der Waals surface area contributed by atoms with Crippen LogP contribution in [0.1, 0.15) is 51.6 Å². The van der Waals surface area contributed by atoms with Crippen molar-refractivity contribution in [3.63, 3.8) is 0 Å². The molecule has 2 amide bonds. The molecule has 0 aliphatic carbocycles. The maximum atomic E-state index is 12.7. The van der Waals surface area contributed by atoms with Gasteiger partial charge in [0.05, 0.1) is 19.5 Å². The fourth-order valence-electron chi connectivity index (χ4n) is 4.86. The van der Waals surface area contributed by atoms with Gasteiger partial charge in [-0.15, -0.1) is 0 Å². The molecule has 3 heterocycles. The van der Waals surface area contributed by atoms with Crippen LogP contribution in [0.5, 0.6) is 0 Å². The summed E-state index contributed by atoms with van der Waals surface area (Å²) >= 11 is 3.95. The van der Waals surface area contributed by atoms with Gasteiger partial charge in [0.15, 0.2) is 23.5 Å². The number of carbonyl (C=O) groups is 3. The number of phosphoric ester groups is 3. The zero-order chi connectivity index (χ0) is 42.1. The fourth-order valence-corrected chi connectivity index (χ4v) is 7.80. The topological polar surface area (TPSA) is 384 Å². The van der Waals surface area contributed by atoms with Gasteiger partial charge < -0.3 is 56.0 Å². The van der Waals surface area contributed by atoms with E-state index in [1.807, 2.05) is 0 Å². The van der Waals surface area contributed by atoms with E-state index >= 15 is 0 Å². The van der Waals surface area contributed by atoms with Gasteiger partial charge in [0.1, 0.15) is 29.9 Å². The molecule has 7 atom stereocenters. The van der Waals surface area contributed by atoms with Crippen molar-refractivity contribution in [1.82, 2.24) is 30.2 Å². The first-order valence-electron chi connectivity index (χ1n) is 16.4. The van der Waals surface area contributed by atoms with Crippen molar-refractivity contribution < 1.29 is 85.6 Å². The number of amides is 2. The average Bonchev–Trinajstić information content (AvgIpc) is 3.64. The van der Waals surface area contributed by atoms with Crippen LogP contribution in [0, 0.1) is 5.41 Å². The number of rotatable bonds is 23. The smallest absolute Gasteiger partial charge is 0.481 e. The van der Waals surface area contributed by atoms with Gasteiger partial charge in [-0.2, -0.15) is 16.9 Å². The molecule has 56 heavy (non-hydrogen) atoms. The molecule has 3 unspecified atom stereocenters. The second-order valence-electron chi connectivity index (χ2n) is 12.7. The highest BCUT2D eigenvalue weighted by Gasteiger charge is 2.50. The summed E-state index contributed by atoms with van der Waals surface area (Å²) in [5, 5.41) is 35.2. The number of hydrogen-bond donors (Lipinski definition) is 11. The Morgan fingerprint density at radius 2 is 1.77 bits per heavy atom. The Labute approximate surface area is 323 Å². The molecule has 0 radical (unpaired) electrons. The number of unbranched alkanes of at least 4 members (excludes halogenated alkanes) is 1. The van der Waals surface area contributed by atoms with Crippen molar-refractivity contribution in [2.75, 3.05) is 37.8 Å². The lowest BCUT2D eigenvalue weighted by Crippen LogP contribution is -2.46. The summed E-state index contributed by atoms with van der Waals surface area (Å²) in [7, 11) is -16.5. The highest BCUT2D eigenvalue weighted by Crippen LogP contribution is 2.61. The third-order valence-electron chi connectivity index (χ3n) is 7.62. The van der Waals surface area contributed by atoms with Gasteiger partial charge in [-0.3, -0.25) is 32.5 Å². The number of nitrogens with zero attached hydrogens (tertiary/aromatic N) is 4. The number of thiol groups is 1. The third kappa shape index (κ3) is 14.5. The number of imidazole rings is 1. The van der Waals surface area contributed by atoms with E-state index in [2.05, 4.69) is 47.0 Å². The molecule has 25 nitrogen and oxygen atoms in total. The van der Waals surface area contributed by atoms with Gasteiger partial charge in [0, 0.05) is 37.1 Å². The first kappa shape index (κ1) is 47.5. The number of aromatic nitrogens is 4. The monoisotopic (exact) mass is 879 g/mol. The number of fused-ring (bicyclic) bond motifs is 1. The molecule has 0 bridgehead atoms. The van der Waals surface area contributed by atoms with Crippen LogP contribution in [0.15, 0.2) is 12.4 Å². The Balaban J connectivity index is 1.68. The largest absolute Gasteiger partial charge is 0.481 e. The maximum Gasteiger partial charge on any atom is 0.481 e. The van der Waals surface area contributed by atoms with Gasteiger partial charge in [0.25, 0.3) is 0 Å². The Hall–Kier alpha value is -2.90. The second kappa shape index (κ2) is 20.2. The first-order chi connectivity index (χ1) is 25.9. The van der Waals surface area contributed by atoms with E-state index in [0.717, 1.165) is 10.9 Å². The zero-order valence-electron chi connectivity index (χ0n) is 29.8. The molecular weight excluding hydrogens is 835 g/mol. The van der Waals surface area contributed by atoms with Crippen LogP contribution in [0.4, 0.5) is 5.82 Å². The lowest BCUT2D eigenvalue weighted by Gasteiger charge is -2.30. The SMILES string of the molecule is CC(C)(COP(=O)(O)OP(=O)(O)OC[C@H]1O[C@@H](n2cnc3c(N)nc(C=CCCCC(=O)O)nc32)[C@H](O)[C@@H]1OP(=O)(O)O)C(O)C(=O)NCCC(=O)NCCS. The van der Waals surface area contributed by atoms with E-state index in [1.54, 1.807) is 6.08 Å². The van der Waals surface area contributed by atoms with Crippen molar-refractivity contribution in [2.45, 2.75) is 70.2 Å². The number of carbonyl (C=O) groups excluding carboxylic acids is 2. The van der Waals surface area contributed by atoms with E-state index in [-0.39, 0.29) is 48.1 Å². The number of carboxylic acid groups (broad SMARTS) is 1. The van der Waals surface area contributed by atoms with Crippen LogP contribution in [0.2, 0.25) is 0 Å². The summed E-state index contributed by atoms with van der Waals surface area (Å²) in [6, 6.07) is 0. The molecular formula is C27H44N7O18P3S. The van der Waals surface area contributed by atoms with Crippen molar-refractivity contribution in [2.24, 2.45) is 5.41 Å². The molecule has 316 valence electrons. The Morgan fingerprint density at radius 3 is 2.41 bits per heavy atom. The van der Waals surface area contributed by atoms with E-state index < -0.39 is 84.6 Å². The molecule has 0 spiro atoms. The maximum absolute atomic E-state index is 12.7. The summed E-state index contributed by atoms with van der Waals surface area (Å²) < 4.78 is 62.4. The number of anilines is 1. The minimum absolute atomic E-state index is 0.0174. The number of hydrogen-bond acceptors (Lipinski definition) is 18. The molecule has 1 aliphatic heterocycles. The van der Waals surface area contributed by atoms with Crippen LogP contribution in [0.3, 0.4) is 0 Å². The van der Waals surface area contributed by atoms with Gasteiger partial charge >= 0.3 is 29.4 Å². The number of nitrogens with two attached hydrogens (primary N) is 1. The van der Waals surface area contributed by atoms with Crippen molar-refractivity contribution >= 4 is 76.9 Å². The van der Waals surface area contributed by atoms with Gasteiger partial charge in [-0.1, -0.05) is 19.9 Å². The number of aliphatic hydroxyl groups is 2. The highest BCUT2D eigenvalue weighted by molar-refractivity contribution is 7.80. The quantitative estimate of drug-likeness (QED) is 0.0384. The van der Waals surface area contributed by atoms with Crippen molar-refractivity contribution in [1.29, 1.82) is 0 Å². The third-order valence-corrected chi connectivity index (χ3v) is 10.9.